The summed E-state index contributed by atoms with van der Waals surface area (Å²) in [5.41, 5.74) is 6.83. The first-order valence-corrected chi connectivity index (χ1v) is 4.44. The molecule has 0 aromatic heterocycles. The van der Waals surface area contributed by atoms with Gasteiger partial charge in [-0.3, -0.25) is 20.2 Å². The van der Waals surface area contributed by atoms with Crippen LogP contribution >= 0.6 is 15.9 Å². The van der Waals surface area contributed by atoms with Crippen LogP contribution in [-0.2, 0) is 0 Å². The van der Waals surface area contributed by atoms with Gasteiger partial charge in [0.15, 0.2) is 0 Å². The molecule has 0 spiro atoms. The second kappa shape index (κ2) is 4.55. The van der Waals surface area contributed by atoms with E-state index in [1.54, 1.807) is 0 Å². The molecule has 0 bridgehead atoms. The van der Waals surface area contributed by atoms with Crippen LogP contribution in [0.5, 0.6) is 0 Å². The van der Waals surface area contributed by atoms with Gasteiger partial charge in [-0.2, -0.15) is 0 Å². The van der Waals surface area contributed by atoms with Gasteiger partial charge in [-0.25, -0.2) is 0 Å². The molecule has 0 aliphatic heterocycles. The molecule has 1 aromatic rings. The standard InChI is InChI=1S/C6H2BrN5O4/c7-4-1-3(11(13)14)2-5(12(15)16)6(4)9-10-8/h1-2H. The summed E-state index contributed by atoms with van der Waals surface area (Å²) in [6, 6.07) is 1.76. The Morgan fingerprint density at radius 1 is 1.31 bits per heavy atom. The topological polar surface area (TPSA) is 135 Å². The fraction of sp³-hybridized carbons (Fsp3) is 0. The lowest BCUT2D eigenvalue weighted by atomic mass is 10.2. The molecule has 0 atom stereocenters. The predicted octanol–water partition coefficient (Wildman–Crippen LogP) is 3.21. The van der Waals surface area contributed by atoms with E-state index in [0.29, 0.717) is 0 Å². The van der Waals surface area contributed by atoms with E-state index in [1.165, 1.54) is 0 Å². The number of hydrogen-bond acceptors (Lipinski definition) is 5. The average Bonchev–Trinajstić information content (AvgIpc) is 2.20. The van der Waals surface area contributed by atoms with Crippen LogP contribution in [-0.4, -0.2) is 9.85 Å². The van der Waals surface area contributed by atoms with Gasteiger partial charge in [0, 0.05) is 15.5 Å². The molecular weight excluding hydrogens is 286 g/mol. The van der Waals surface area contributed by atoms with Crippen LogP contribution in [0.4, 0.5) is 17.1 Å². The number of nitro groups is 2. The molecule has 0 N–H and O–H groups in total. The van der Waals surface area contributed by atoms with E-state index in [-0.39, 0.29) is 10.2 Å². The van der Waals surface area contributed by atoms with Crippen molar-refractivity contribution in [3.8, 4) is 0 Å². The predicted molar refractivity (Wildman–Crippen MR) is 56.3 cm³/mol. The highest BCUT2D eigenvalue weighted by Crippen LogP contribution is 2.38. The molecule has 16 heavy (non-hydrogen) atoms. The van der Waals surface area contributed by atoms with E-state index < -0.39 is 21.2 Å². The minimum atomic E-state index is -0.859. The number of nitro benzene ring substituents is 2. The number of azide groups is 1. The highest BCUT2D eigenvalue weighted by atomic mass is 79.9. The normalized spacial score (nSPS) is 9.31. The van der Waals surface area contributed by atoms with Crippen molar-refractivity contribution in [3.63, 3.8) is 0 Å². The highest BCUT2D eigenvalue weighted by molar-refractivity contribution is 9.10. The minimum Gasteiger partial charge on any atom is -0.258 e. The molecule has 1 aromatic carbocycles. The molecule has 10 heteroatoms. The number of halogens is 1. The zero-order valence-electron chi connectivity index (χ0n) is 7.40. The van der Waals surface area contributed by atoms with E-state index in [2.05, 4.69) is 26.0 Å². The summed E-state index contributed by atoms with van der Waals surface area (Å²) < 4.78 is -0.00815. The van der Waals surface area contributed by atoms with E-state index in [1.807, 2.05) is 0 Å². The Morgan fingerprint density at radius 3 is 2.38 bits per heavy atom. The summed E-state index contributed by atoms with van der Waals surface area (Å²) in [4.78, 5) is 21.8. The third-order valence-corrected chi connectivity index (χ3v) is 2.18. The summed E-state index contributed by atoms with van der Waals surface area (Å²) in [6.07, 6.45) is 0. The lowest BCUT2D eigenvalue weighted by molar-refractivity contribution is -0.393. The fourth-order valence-corrected chi connectivity index (χ4v) is 1.48. The first kappa shape index (κ1) is 11.9. The summed E-state index contributed by atoms with van der Waals surface area (Å²) >= 11 is 2.86. The molecule has 0 amide bonds. The lowest BCUT2D eigenvalue weighted by Crippen LogP contribution is -1.93. The van der Waals surface area contributed by atoms with Crippen molar-refractivity contribution >= 4 is 33.0 Å². The van der Waals surface area contributed by atoms with Gasteiger partial charge in [0.1, 0.15) is 5.69 Å². The third-order valence-electron chi connectivity index (χ3n) is 1.58. The molecular formula is C6H2BrN5O4. The second-order valence-corrected chi connectivity index (χ2v) is 3.35. The van der Waals surface area contributed by atoms with Gasteiger partial charge in [0.2, 0.25) is 0 Å². The van der Waals surface area contributed by atoms with Crippen LogP contribution in [0, 0.1) is 20.2 Å². The number of hydrogen-bond donors (Lipinski definition) is 0. The maximum atomic E-state index is 10.6. The Morgan fingerprint density at radius 2 is 1.94 bits per heavy atom. The largest absolute Gasteiger partial charge is 0.287 e. The van der Waals surface area contributed by atoms with E-state index >= 15 is 0 Å². The van der Waals surface area contributed by atoms with Crippen molar-refractivity contribution in [2.45, 2.75) is 0 Å². The average molecular weight is 288 g/mol. The summed E-state index contributed by atoms with van der Waals surface area (Å²) in [5.74, 6) is 0. The minimum absolute atomic E-state index is 0.00815. The maximum Gasteiger partial charge on any atom is 0.287 e. The van der Waals surface area contributed by atoms with Crippen LogP contribution in [0.25, 0.3) is 10.4 Å². The van der Waals surface area contributed by atoms with Crippen LogP contribution < -0.4 is 0 Å². The van der Waals surface area contributed by atoms with Crippen molar-refractivity contribution in [3.05, 3.63) is 47.3 Å². The maximum absolute atomic E-state index is 10.6. The molecule has 0 fully saturated rings. The van der Waals surface area contributed by atoms with Gasteiger partial charge < -0.3 is 0 Å². The Kier molecular flexibility index (Phi) is 3.38. The quantitative estimate of drug-likeness (QED) is 0.277. The molecule has 0 unspecified atom stereocenters. The number of nitrogens with zero attached hydrogens (tertiary/aromatic N) is 5. The van der Waals surface area contributed by atoms with Crippen LogP contribution in [0.15, 0.2) is 21.7 Å². The fourth-order valence-electron chi connectivity index (χ4n) is 0.959. The summed E-state index contributed by atoms with van der Waals surface area (Å²) in [7, 11) is 0. The molecule has 0 aliphatic carbocycles. The van der Waals surface area contributed by atoms with Gasteiger partial charge in [0.25, 0.3) is 11.4 Å². The first-order valence-electron chi connectivity index (χ1n) is 3.64. The van der Waals surface area contributed by atoms with Gasteiger partial charge in [-0.15, -0.1) is 0 Å². The van der Waals surface area contributed by atoms with Crippen molar-refractivity contribution in [1.82, 2.24) is 0 Å². The highest BCUT2D eigenvalue weighted by Gasteiger charge is 2.22. The smallest absolute Gasteiger partial charge is 0.258 e. The van der Waals surface area contributed by atoms with E-state index in [4.69, 9.17) is 5.53 Å². The Hall–Kier alpha value is -2.19. The third kappa shape index (κ3) is 2.24. The van der Waals surface area contributed by atoms with E-state index in [9.17, 15) is 20.2 Å². The Balaban J connectivity index is 3.57. The number of benzene rings is 1. The zero-order valence-corrected chi connectivity index (χ0v) is 8.99. The van der Waals surface area contributed by atoms with Crippen LogP contribution in [0.2, 0.25) is 0 Å². The molecule has 82 valence electrons. The van der Waals surface area contributed by atoms with Crippen molar-refractivity contribution in [2.24, 2.45) is 5.11 Å². The SMILES string of the molecule is [N-]=[N+]=Nc1c(Br)cc([N+](=O)[O-])cc1[N+](=O)[O-]. The van der Waals surface area contributed by atoms with Crippen LogP contribution in [0.3, 0.4) is 0 Å². The van der Waals surface area contributed by atoms with Gasteiger partial charge in [-0.05, 0) is 21.5 Å². The monoisotopic (exact) mass is 287 g/mol. The number of rotatable bonds is 3. The van der Waals surface area contributed by atoms with Crippen molar-refractivity contribution in [2.75, 3.05) is 0 Å². The first-order chi connectivity index (χ1) is 7.47. The summed E-state index contributed by atoms with van der Waals surface area (Å²) in [6.45, 7) is 0. The van der Waals surface area contributed by atoms with E-state index in [0.717, 1.165) is 12.1 Å². The van der Waals surface area contributed by atoms with Gasteiger partial charge in [0.05, 0.1) is 15.9 Å². The molecule has 0 saturated carbocycles. The van der Waals surface area contributed by atoms with Gasteiger partial charge in [-0.1, -0.05) is 5.11 Å². The Bertz CT molecular complexity index is 524. The van der Waals surface area contributed by atoms with Crippen molar-refractivity contribution in [1.29, 1.82) is 0 Å². The second-order valence-electron chi connectivity index (χ2n) is 2.50. The zero-order chi connectivity index (χ0) is 12.3. The lowest BCUT2D eigenvalue weighted by Gasteiger charge is -1.99. The molecule has 0 heterocycles. The van der Waals surface area contributed by atoms with Crippen LogP contribution in [0.1, 0.15) is 0 Å². The molecule has 0 radical (unpaired) electrons. The molecule has 9 nitrogen and oxygen atoms in total. The van der Waals surface area contributed by atoms with Gasteiger partial charge >= 0.3 is 0 Å². The molecule has 0 aliphatic rings. The summed E-state index contributed by atoms with van der Waals surface area (Å²) in [5, 5.41) is 24.2. The number of non-ortho nitro benzene ring substituents is 1. The Labute approximate surface area is 95.7 Å². The molecule has 0 saturated heterocycles. The molecule has 1 rings (SSSR count). The van der Waals surface area contributed by atoms with Crippen molar-refractivity contribution < 1.29 is 9.85 Å².